The zero-order chi connectivity index (χ0) is 20.7. The number of anilines is 2. The van der Waals surface area contributed by atoms with E-state index in [1.165, 1.54) is 39.5 Å². The molecule has 1 aromatic carbocycles. The number of benzene rings is 1. The van der Waals surface area contributed by atoms with Crippen LogP contribution in [0.3, 0.4) is 0 Å². The van der Waals surface area contributed by atoms with Gasteiger partial charge in [-0.25, -0.2) is 8.42 Å². The van der Waals surface area contributed by atoms with Crippen molar-refractivity contribution in [3.8, 4) is 0 Å². The molecule has 1 fully saturated rings. The smallest absolute Gasteiger partial charge is 0.243 e. The normalized spacial score (nSPS) is 14.8. The summed E-state index contributed by atoms with van der Waals surface area (Å²) in [6, 6.07) is 6.26. The second kappa shape index (κ2) is 10.3. The molecule has 1 saturated heterocycles. The number of hydrogen-bond donors (Lipinski definition) is 2. The van der Waals surface area contributed by atoms with E-state index in [9.17, 15) is 13.2 Å². The SMILES string of the molecule is COCCNc1nnc(SCC(=O)Nc2ccc(S(=O)(=O)N3CCCC3)cc2)s1. The zero-order valence-electron chi connectivity index (χ0n) is 16.0. The van der Waals surface area contributed by atoms with Crippen LogP contribution >= 0.6 is 23.1 Å². The summed E-state index contributed by atoms with van der Waals surface area (Å²) < 4.78 is 32.2. The summed E-state index contributed by atoms with van der Waals surface area (Å²) in [4.78, 5) is 12.4. The van der Waals surface area contributed by atoms with E-state index in [1.54, 1.807) is 19.2 Å². The van der Waals surface area contributed by atoms with Crippen molar-refractivity contribution in [3.63, 3.8) is 0 Å². The highest BCUT2D eigenvalue weighted by atomic mass is 32.2. The van der Waals surface area contributed by atoms with Gasteiger partial charge in [0, 0.05) is 32.4 Å². The van der Waals surface area contributed by atoms with Gasteiger partial charge in [-0.15, -0.1) is 10.2 Å². The molecule has 0 saturated carbocycles. The van der Waals surface area contributed by atoms with E-state index in [4.69, 9.17) is 4.74 Å². The molecule has 1 amide bonds. The van der Waals surface area contributed by atoms with Crippen molar-refractivity contribution in [1.29, 1.82) is 0 Å². The maximum absolute atomic E-state index is 12.5. The van der Waals surface area contributed by atoms with Crippen molar-refractivity contribution < 1.29 is 17.9 Å². The quantitative estimate of drug-likeness (QED) is 0.412. The van der Waals surface area contributed by atoms with Gasteiger partial charge >= 0.3 is 0 Å². The first-order valence-electron chi connectivity index (χ1n) is 9.08. The summed E-state index contributed by atoms with van der Waals surface area (Å²) in [6.45, 7) is 2.34. The van der Waals surface area contributed by atoms with Gasteiger partial charge in [0.1, 0.15) is 0 Å². The molecule has 1 aliphatic rings. The standard InChI is InChI=1S/C17H23N5O4S3/c1-26-11-8-18-16-20-21-17(28-16)27-12-15(23)19-13-4-6-14(7-5-13)29(24,25)22-9-2-3-10-22/h4-7H,2-3,8-12H2,1H3,(H,18,20)(H,19,23). The average Bonchev–Trinajstić information content (AvgIpc) is 3.40. The highest BCUT2D eigenvalue weighted by Gasteiger charge is 2.26. The number of nitrogens with one attached hydrogen (secondary N) is 2. The van der Waals surface area contributed by atoms with Crippen molar-refractivity contribution in [3.05, 3.63) is 24.3 Å². The highest BCUT2D eigenvalue weighted by Crippen LogP contribution is 2.26. The van der Waals surface area contributed by atoms with Crippen LogP contribution in [0.15, 0.2) is 33.5 Å². The second-order valence-corrected chi connectivity index (χ2v) is 10.4. The number of hydrogen-bond acceptors (Lipinski definition) is 9. The Labute approximate surface area is 178 Å². The Morgan fingerprint density at radius 1 is 1.24 bits per heavy atom. The molecule has 0 spiro atoms. The van der Waals surface area contributed by atoms with Crippen LogP contribution in [0.1, 0.15) is 12.8 Å². The predicted octanol–water partition coefficient (Wildman–Crippen LogP) is 2.11. The molecule has 0 unspecified atom stereocenters. The maximum atomic E-state index is 12.5. The molecule has 0 atom stereocenters. The number of amides is 1. The lowest BCUT2D eigenvalue weighted by Crippen LogP contribution is -2.27. The van der Waals surface area contributed by atoms with E-state index < -0.39 is 10.0 Å². The van der Waals surface area contributed by atoms with E-state index in [0.717, 1.165) is 12.8 Å². The van der Waals surface area contributed by atoms with Crippen molar-refractivity contribution in [2.24, 2.45) is 0 Å². The Kier molecular flexibility index (Phi) is 7.84. The van der Waals surface area contributed by atoms with Crippen LogP contribution in [0.25, 0.3) is 0 Å². The van der Waals surface area contributed by atoms with Crippen molar-refractivity contribution in [2.45, 2.75) is 22.1 Å². The number of nitrogens with zero attached hydrogens (tertiary/aromatic N) is 3. The van der Waals surface area contributed by atoms with Crippen molar-refractivity contribution in [1.82, 2.24) is 14.5 Å². The third-order valence-corrected chi connectivity index (χ3v) is 8.08. The summed E-state index contributed by atoms with van der Waals surface area (Å²) in [5.74, 6) is -0.0187. The van der Waals surface area contributed by atoms with Gasteiger partial charge in [0.2, 0.25) is 21.1 Å². The van der Waals surface area contributed by atoms with E-state index in [-0.39, 0.29) is 16.6 Å². The van der Waals surface area contributed by atoms with Gasteiger partial charge in [-0.05, 0) is 37.1 Å². The van der Waals surface area contributed by atoms with E-state index >= 15 is 0 Å². The molecule has 158 valence electrons. The van der Waals surface area contributed by atoms with E-state index in [0.29, 0.717) is 41.4 Å². The molecular weight excluding hydrogens is 434 g/mol. The zero-order valence-corrected chi connectivity index (χ0v) is 18.4. The highest BCUT2D eigenvalue weighted by molar-refractivity contribution is 8.01. The number of aromatic nitrogens is 2. The summed E-state index contributed by atoms with van der Waals surface area (Å²) in [6.07, 6.45) is 1.79. The van der Waals surface area contributed by atoms with Crippen LogP contribution < -0.4 is 10.6 Å². The van der Waals surface area contributed by atoms with Crippen LogP contribution in [-0.4, -0.2) is 67.9 Å². The van der Waals surface area contributed by atoms with Gasteiger partial charge in [-0.1, -0.05) is 23.1 Å². The van der Waals surface area contributed by atoms with Gasteiger partial charge in [0.05, 0.1) is 17.3 Å². The summed E-state index contributed by atoms with van der Waals surface area (Å²) in [5, 5.41) is 14.6. The Morgan fingerprint density at radius 3 is 2.66 bits per heavy atom. The van der Waals surface area contributed by atoms with E-state index in [2.05, 4.69) is 20.8 Å². The molecule has 0 radical (unpaired) electrons. The van der Waals surface area contributed by atoms with Gasteiger partial charge in [0.15, 0.2) is 4.34 Å². The van der Waals surface area contributed by atoms with E-state index in [1.807, 2.05) is 0 Å². The van der Waals surface area contributed by atoms with Gasteiger partial charge < -0.3 is 15.4 Å². The van der Waals surface area contributed by atoms with Gasteiger partial charge in [-0.2, -0.15) is 4.31 Å². The average molecular weight is 458 g/mol. The monoisotopic (exact) mass is 457 g/mol. The number of carbonyl (C=O) groups excluding carboxylic acids is 1. The van der Waals surface area contributed by atoms with Crippen LogP contribution in [0.2, 0.25) is 0 Å². The Bertz CT molecular complexity index is 911. The Morgan fingerprint density at radius 2 is 1.97 bits per heavy atom. The minimum atomic E-state index is -3.45. The largest absolute Gasteiger partial charge is 0.383 e. The lowest BCUT2D eigenvalue weighted by Gasteiger charge is -2.15. The molecule has 12 heteroatoms. The number of methoxy groups -OCH3 is 1. The fraction of sp³-hybridized carbons (Fsp3) is 0.471. The fourth-order valence-electron chi connectivity index (χ4n) is 2.71. The molecule has 9 nitrogen and oxygen atoms in total. The van der Waals surface area contributed by atoms with Crippen LogP contribution in [0, 0.1) is 0 Å². The second-order valence-electron chi connectivity index (χ2n) is 6.27. The first-order chi connectivity index (χ1) is 14.0. The number of sulfonamides is 1. The number of thioether (sulfide) groups is 1. The number of ether oxygens (including phenoxy) is 1. The molecule has 2 aromatic rings. The fourth-order valence-corrected chi connectivity index (χ4v) is 5.81. The molecule has 0 aliphatic carbocycles. The maximum Gasteiger partial charge on any atom is 0.243 e. The summed E-state index contributed by atoms with van der Waals surface area (Å²) in [5.41, 5.74) is 0.551. The number of carbonyl (C=O) groups is 1. The molecular formula is C17H23N5O4S3. The molecule has 2 N–H and O–H groups in total. The van der Waals surface area contributed by atoms with Gasteiger partial charge in [0.25, 0.3) is 0 Å². The minimum Gasteiger partial charge on any atom is -0.383 e. The predicted molar refractivity (Wildman–Crippen MR) is 114 cm³/mol. The molecule has 1 aliphatic heterocycles. The van der Waals surface area contributed by atoms with Crippen LogP contribution in [0.5, 0.6) is 0 Å². The third kappa shape index (κ3) is 6.12. The lowest BCUT2D eigenvalue weighted by atomic mass is 10.3. The summed E-state index contributed by atoms with van der Waals surface area (Å²) >= 11 is 2.66. The minimum absolute atomic E-state index is 0.181. The lowest BCUT2D eigenvalue weighted by molar-refractivity contribution is -0.113. The molecule has 29 heavy (non-hydrogen) atoms. The topological polar surface area (TPSA) is 114 Å². The van der Waals surface area contributed by atoms with Crippen molar-refractivity contribution in [2.75, 3.05) is 49.7 Å². The Hall–Kier alpha value is -1.73. The first kappa shape index (κ1) is 22.0. The van der Waals surface area contributed by atoms with Crippen LogP contribution in [0.4, 0.5) is 10.8 Å². The third-order valence-electron chi connectivity index (χ3n) is 4.16. The molecule has 0 bridgehead atoms. The van der Waals surface area contributed by atoms with Crippen LogP contribution in [-0.2, 0) is 19.6 Å². The molecule has 2 heterocycles. The molecule has 3 rings (SSSR count). The summed E-state index contributed by atoms with van der Waals surface area (Å²) in [7, 11) is -1.82. The van der Waals surface area contributed by atoms with Gasteiger partial charge in [-0.3, -0.25) is 4.79 Å². The molecule has 1 aromatic heterocycles. The first-order valence-corrected chi connectivity index (χ1v) is 12.3. The Balaban J connectivity index is 1.48. The number of rotatable bonds is 10. The van der Waals surface area contributed by atoms with Crippen molar-refractivity contribution >= 4 is 49.8 Å².